The molecule has 4 rings (SSSR count). The lowest BCUT2D eigenvalue weighted by atomic mass is 9.62. The molecule has 2 atom stereocenters. The number of nitrogens with zero attached hydrogens (tertiary/aromatic N) is 2. The molecule has 6 heteroatoms. The number of benzene rings is 1. The number of imide groups is 1. The highest BCUT2D eigenvalue weighted by Crippen LogP contribution is 2.59. The van der Waals surface area contributed by atoms with Crippen LogP contribution in [0.2, 0.25) is 0 Å². The van der Waals surface area contributed by atoms with Gasteiger partial charge in [-0.3, -0.25) is 14.4 Å². The van der Waals surface area contributed by atoms with Crippen molar-refractivity contribution in [3.8, 4) is 0 Å². The Kier molecular flexibility index (Phi) is 4.80. The summed E-state index contributed by atoms with van der Waals surface area (Å²) in [6.07, 6.45) is 1.63. The summed E-state index contributed by atoms with van der Waals surface area (Å²) in [6, 6.07) is 7.75. The highest BCUT2D eigenvalue weighted by atomic mass is 16.2. The maximum absolute atomic E-state index is 13.2. The Hall–Kier alpha value is -2.21. The van der Waals surface area contributed by atoms with E-state index in [0.717, 1.165) is 50.3 Å². The quantitative estimate of drug-likeness (QED) is 0.615. The van der Waals surface area contributed by atoms with E-state index in [0.29, 0.717) is 6.67 Å². The second-order valence-electron chi connectivity index (χ2n) is 9.71. The van der Waals surface area contributed by atoms with Crippen molar-refractivity contribution >= 4 is 23.3 Å². The molecule has 2 aliphatic heterocycles. The van der Waals surface area contributed by atoms with Crippen molar-refractivity contribution in [1.29, 1.82) is 0 Å². The van der Waals surface area contributed by atoms with Crippen LogP contribution >= 0.6 is 0 Å². The predicted octanol–water partition coefficient (Wildman–Crippen LogP) is 1.36. The summed E-state index contributed by atoms with van der Waals surface area (Å²) in [6.45, 7) is 11.8. The SMILES string of the molecule is CC(=O)c1ccc(N2CC[NH+](CN3C(=O)[C@H]4CC[C@](C)(C3=O)C4(C)C)CC2)cc1. The number of likely N-dealkylation sites (tertiary alicyclic amines) is 1. The molecule has 6 nitrogen and oxygen atoms in total. The summed E-state index contributed by atoms with van der Waals surface area (Å²) in [5.74, 6) is 0.0962. The van der Waals surface area contributed by atoms with Gasteiger partial charge in [0.1, 0.15) is 0 Å². The van der Waals surface area contributed by atoms with Crippen LogP contribution in [0.15, 0.2) is 24.3 Å². The van der Waals surface area contributed by atoms with Crippen molar-refractivity contribution in [2.75, 3.05) is 37.7 Å². The van der Waals surface area contributed by atoms with Crippen LogP contribution in [0.25, 0.3) is 0 Å². The van der Waals surface area contributed by atoms with Crippen LogP contribution in [0, 0.1) is 16.7 Å². The molecule has 3 fully saturated rings. The second-order valence-corrected chi connectivity index (χ2v) is 9.71. The molecule has 1 saturated carbocycles. The van der Waals surface area contributed by atoms with E-state index in [-0.39, 0.29) is 28.9 Å². The van der Waals surface area contributed by atoms with Gasteiger partial charge in [-0.1, -0.05) is 20.8 Å². The Morgan fingerprint density at radius 2 is 1.72 bits per heavy atom. The fourth-order valence-corrected chi connectivity index (χ4v) is 5.42. The van der Waals surface area contributed by atoms with Crippen molar-refractivity contribution in [3.63, 3.8) is 0 Å². The lowest BCUT2D eigenvalue weighted by molar-refractivity contribution is -0.908. The van der Waals surface area contributed by atoms with E-state index in [4.69, 9.17) is 0 Å². The zero-order chi connectivity index (χ0) is 21.0. The number of Topliss-reactive ketones (excluding diaryl/α,β-unsaturated/α-hetero) is 1. The van der Waals surface area contributed by atoms with Gasteiger partial charge in [0.15, 0.2) is 12.5 Å². The molecule has 0 aromatic heterocycles. The Bertz CT molecular complexity index is 839. The molecule has 1 aromatic carbocycles. The summed E-state index contributed by atoms with van der Waals surface area (Å²) in [4.78, 5) is 42.9. The van der Waals surface area contributed by atoms with E-state index in [9.17, 15) is 14.4 Å². The van der Waals surface area contributed by atoms with Crippen molar-refractivity contribution in [3.05, 3.63) is 29.8 Å². The minimum Gasteiger partial charge on any atom is -0.360 e. The number of amides is 2. The third-order valence-corrected chi connectivity index (χ3v) is 8.00. The molecular weight excluding hydrogens is 366 g/mol. The average molecular weight is 399 g/mol. The normalized spacial score (nSPS) is 29.4. The molecule has 1 aliphatic carbocycles. The van der Waals surface area contributed by atoms with Gasteiger partial charge in [-0.15, -0.1) is 0 Å². The molecule has 1 aromatic rings. The molecule has 3 aliphatic rings. The van der Waals surface area contributed by atoms with Gasteiger partial charge in [-0.05, 0) is 49.4 Å². The first kappa shape index (κ1) is 20.1. The van der Waals surface area contributed by atoms with E-state index in [1.54, 1.807) is 11.8 Å². The topological polar surface area (TPSA) is 62.1 Å². The van der Waals surface area contributed by atoms with Crippen LogP contribution in [0.1, 0.15) is 50.9 Å². The largest absolute Gasteiger partial charge is 0.360 e. The van der Waals surface area contributed by atoms with Crippen LogP contribution in [0.4, 0.5) is 5.69 Å². The predicted molar refractivity (Wildman–Crippen MR) is 111 cm³/mol. The number of anilines is 1. The number of fused-ring (bicyclic) bond motifs is 2. The first-order chi connectivity index (χ1) is 13.6. The standard InChI is InChI=1S/C23H31N3O3/c1-16(27)17-5-7-18(8-6-17)25-13-11-24(12-14-25)15-26-20(28)19-9-10-23(4,21(26)29)22(19,2)3/h5-8,19H,9-15H2,1-4H3/p+1/t19-,23-/m1/s1. The van der Waals surface area contributed by atoms with Gasteiger partial charge < -0.3 is 9.80 Å². The highest BCUT2D eigenvalue weighted by molar-refractivity contribution is 6.03. The molecular formula is C23H32N3O3+. The summed E-state index contributed by atoms with van der Waals surface area (Å²) in [5.41, 5.74) is 1.17. The van der Waals surface area contributed by atoms with Crippen molar-refractivity contribution in [2.24, 2.45) is 16.7 Å². The maximum atomic E-state index is 13.2. The smallest absolute Gasteiger partial charge is 0.240 e. The number of carbonyl (C=O) groups excluding carboxylic acids is 3. The Morgan fingerprint density at radius 1 is 1.10 bits per heavy atom. The van der Waals surface area contributed by atoms with E-state index < -0.39 is 5.41 Å². The average Bonchev–Trinajstić information content (AvgIpc) is 2.89. The van der Waals surface area contributed by atoms with Gasteiger partial charge >= 0.3 is 0 Å². The monoisotopic (exact) mass is 398 g/mol. The van der Waals surface area contributed by atoms with Crippen molar-refractivity contribution in [1.82, 2.24) is 4.90 Å². The number of rotatable bonds is 4. The number of ketones is 1. The lowest BCUT2D eigenvalue weighted by Gasteiger charge is -2.48. The number of hydrogen-bond donors (Lipinski definition) is 1. The number of piperidine rings is 1. The van der Waals surface area contributed by atoms with E-state index in [1.165, 1.54) is 4.90 Å². The van der Waals surface area contributed by atoms with Crippen molar-refractivity contribution < 1.29 is 19.3 Å². The zero-order valence-corrected chi connectivity index (χ0v) is 18.0. The molecule has 2 saturated heterocycles. The van der Waals surface area contributed by atoms with Crippen LogP contribution in [0.3, 0.4) is 0 Å². The second kappa shape index (κ2) is 6.94. The van der Waals surface area contributed by atoms with E-state index >= 15 is 0 Å². The van der Waals surface area contributed by atoms with Gasteiger partial charge in [0, 0.05) is 17.2 Å². The first-order valence-corrected chi connectivity index (χ1v) is 10.7. The Balaban J connectivity index is 1.39. The minimum atomic E-state index is -0.425. The molecule has 2 bridgehead atoms. The number of quaternary nitrogens is 1. The van der Waals surface area contributed by atoms with Gasteiger partial charge in [-0.2, -0.15) is 0 Å². The molecule has 2 amide bonds. The number of carbonyl (C=O) groups is 3. The third kappa shape index (κ3) is 3.08. The van der Waals surface area contributed by atoms with E-state index in [1.807, 2.05) is 31.2 Å². The molecule has 0 spiro atoms. The van der Waals surface area contributed by atoms with Gasteiger partial charge in [0.25, 0.3) is 0 Å². The number of nitrogens with one attached hydrogen (secondary N) is 1. The Morgan fingerprint density at radius 3 is 2.31 bits per heavy atom. The van der Waals surface area contributed by atoms with Gasteiger partial charge in [-0.25, -0.2) is 4.90 Å². The molecule has 1 N–H and O–H groups in total. The number of hydrogen-bond acceptors (Lipinski definition) is 4. The summed E-state index contributed by atoms with van der Waals surface area (Å²) >= 11 is 0. The molecule has 0 radical (unpaired) electrons. The Labute approximate surface area is 172 Å². The maximum Gasteiger partial charge on any atom is 0.240 e. The van der Waals surface area contributed by atoms with Crippen molar-refractivity contribution in [2.45, 2.75) is 40.5 Å². The molecule has 156 valence electrons. The summed E-state index contributed by atoms with van der Waals surface area (Å²) in [5, 5.41) is 0. The highest BCUT2D eigenvalue weighted by Gasteiger charge is 2.64. The summed E-state index contributed by atoms with van der Waals surface area (Å²) in [7, 11) is 0. The molecule has 0 unspecified atom stereocenters. The van der Waals surface area contributed by atoms with Crippen LogP contribution in [-0.4, -0.2) is 55.3 Å². The fourth-order valence-electron chi connectivity index (χ4n) is 5.42. The fraction of sp³-hybridized carbons (Fsp3) is 0.609. The minimum absolute atomic E-state index is 0.0241. The van der Waals surface area contributed by atoms with Gasteiger partial charge in [0.2, 0.25) is 11.8 Å². The van der Waals surface area contributed by atoms with Crippen LogP contribution < -0.4 is 9.80 Å². The number of piperazine rings is 1. The van der Waals surface area contributed by atoms with E-state index in [2.05, 4.69) is 18.7 Å². The third-order valence-electron chi connectivity index (χ3n) is 8.00. The summed E-state index contributed by atoms with van der Waals surface area (Å²) < 4.78 is 0. The molecule has 2 heterocycles. The lowest BCUT2D eigenvalue weighted by Crippen LogP contribution is -3.16. The zero-order valence-electron chi connectivity index (χ0n) is 18.0. The van der Waals surface area contributed by atoms with Crippen LogP contribution in [-0.2, 0) is 9.59 Å². The molecule has 29 heavy (non-hydrogen) atoms. The first-order valence-electron chi connectivity index (χ1n) is 10.7. The van der Waals surface area contributed by atoms with Gasteiger partial charge in [0.05, 0.1) is 31.6 Å². The van der Waals surface area contributed by atoms with Crippen LogP contribution in [0.5, 0.6) is 0 Å².